The van der Waals surface area contributed by atoms with Crippen LogP contribution in [0.1, 0.15) is 28.2 Å². The number of para-hydroxylation sites is 2. The van der Waals surface area contributed by atoms with Gasteiger partial charge in [0.1, 0.15) is 5.82 Å². The van der Waals surface area contributed by atoms with Crippen molar-refractivity contribution in [1.29, 1.82) is 0 Å². The number of imidazole rings is 1. The Bertz CT molecular complexity index is 836. The molecule has 4 nitrogen and oxygen atoms in total. The molecule has 3 aromatic rings. The third-order valence-corrected chi connectivity index (χ3v) is 4.08. The van der Waals surface area contributed by atoms with Crippen LogP contribution in [0.3, 0.4) is 0 Å². The monoisotopic (exact) mass is 307 g/mol. The summed E-state index contributed by atoms with van der Waals surface area (Å²) < 4.78 is 2.20. The molecule has 0 bridgehead atoms. The Morgan fingerprint density at radius 2 is 1.83 bits per heavy atom. The molecule has 0 saturated carbocycles. The number of nitrogens with one attached hydrogen (secondary N) is 1. The molecule has 2 aromatic carbocycles. The number of benzene rings is 2. The maximum absolute atomic E-state index is 12.2. The summed E-state index contributed by atoms with van der Waals surface area (Å²) in [4.78, 5) is 16.7. The fraction of sp³-hybridized carbons (Fsp3) is 0.263. The zero-order chi connectivity index (χ0) is 16.2. The minimum atomic E-state index is -0.00434. The van der Waals surface area contributed by atoms with Crippen LogP contribution in [0.5, 0.6) is 0 Å². The molecule has 118 valence electrons. The maximum Gasteiger partial charge on any atom is 0.251 e. The van der Waals surface area contributed by atoms with Crippen molar-refractivity contribution in [2.75, 3.05) is 6.54 Å². The number of amides is 1. The third-order valence-electron chi connectivity index (χ3n) is 4.08. The summed E-state index contributed by atoms with van der Waals surface area (Å²) >= 11 is 0. The molecule has 0 aliphatic heterocycles. The maximum atomic E-state index is 12.2. The van der Waals surface area contributed by atoms with E-state index in [4.69, 9.17) is 0 Å². The summed E-state index contributed by atoms with van der Waals surface area (Å²) in [6.45, 7) is 5.47. The largest absolute Gasteiger partial charge is 0.352 e. The first-order valence-electron chi connectivity index (χ1n) is 7.92. The van der Waals surface area contributed by atoms with Crippen molar-refractivity contribution in [3.05, 3.63) is 65.5 Å². The molecule has 0 radical (unpaired) electrons. The van der Waals surface area contributed by atoms with Crippen LogP contribution in [-0.4, -0.2) is 22.0 Å². The van der Waals surface area contributed by atoms with Gasteiger partial charge in [0.15, 0.2) is 0 Å². The summed E-state index contributed by atoms with van der Waals surface area (Å²) in [5.74, 6) is 1.01. The molecule has 23 heavy (non-hydrogen) atoms. The van der Waals surface area contributed by atoms with Crippen molar-refractivity contribution in [3.63, 3.8) is 0 Å². The highest BCUT2D eigenvalue weighted by Crippen LogP contribution is 2.15. The lowest BCUT2D eigenvalue weighted by Gasteiger charge is -2.09. The van der Waals surface area contributed by atoms with Crippen LogP contribution in [0.15, 0.2) is 48.5 Å². The number of aromatic nitrogens is 2. The van der Waals surface area contributed by atoms with Crippen molar-refractivity contribution in [3.8, 4) is 0 Å². The summed E-state index contributed by atoms with van der Waals surface area (Å²) in [5, 5.41) is 3.00. The molecule has 4 heteroatoms. The van der Waals surface area contributed by atoms with Crippen molar-refractivity contribution >= 4 is 16.9 Å². The molecule has 1 N–H and O–H groups in total. The van der Waals surface area contributed by atoms with Gasteiger partial charge in [-0.2, -0.15) is 0 Å². The number of rotatable bonds is 5. The molecule has 0 aliphatic rings. The molecule has 1 heterocycles. The third kappa shape index (κ3) is 3.26. The number of fused-ring (bicyclic) bond motifs is 1. The predicted octanol–water partition coefficient (Wildman–Crippen LogP) is 3.47. The van der Waals surface area contributed by atoms with E-state index in [1.54, 1.807) is 0 Å². The van der Waals surface area contributed by atoms with E-state index < -0.39 is 0 Å². The lowest BCUT2D eigenvalue weighted by atomic mass is 10.1. The van der Waals surface area contributed by atoms with Crippen LogP contribution in [0.4, 0.5) is 0 Å². The Hall–Kier alpha value is -2.62. The zero-order valence-electron chi connectivity index (χ0n) is 13.5. The van der Waals surface area contributed by atoms with Gasteiger partial charge in [-0.05, 0) is 44.0 Å². The van der Waals surface area contributed by atoms with Gasteiger partial charge in [0.25, 0.3) is 5.91 Å². The molecule has 1 amide bonds. The van der Waals surface area contributed by atoms with Crippen molar-refractivity contribution in [2.24, 2.45) is 0 Å². The molecule has 0 aliphatic carbocycles. The summed E-state index contributed by atoms with van der Waals surface area (Å²) in [5.41, 5.74) is 3.92. The second-order valence-corrected chi connectivity index (χ2v) is 5.72. The van der Waals surface area contributed by atoms with E-state index in [0.717, 1.165) is 41.0 Å². The minimum absolute atomic E-state index is 0.00434. The molecule has 0 saturated heterocycles. The predicted molar refractivity (Wildman–Crippen MR) is 92.6 cm³/mol. The molecular weight excluding hydrogens is 286 g/mol. The Morgan fingerprint density at radius 3 is 2.65 bits per heavy atom. The van der Waals surface area contributed by atoms with Gasteiger partial charge in [-0.3, -0.25) is 4.79 Å². The highest BCUT2D eigenvalue weighted by atomic mass is 16.1. The van der Waals surface area contributed by atoms with Gasteiger partial charge in [0.05, 0.1) is 11.0 Å². The Morgan fingerprint density at radius 1 is 1.09 bits per heavy atom. The van der Waals surface area contributed by atoms with Crippen LogP contribution >= 0.6 is 0 Å². The van der Waals surface area contributed by atoms with Gasteiger partial charge < -0.3 is 9.88 Å². The van der Waals surface area contributed by atoms with Crippen LogP contribution in [0.2, 0.25) is 0 Å². The highest BCUT2D eigenvalue weighted by Gasteiger charge is 2.08. The van der Waals surface area contributed by atoms with Crippen LogP contribution in [-0.2, 0) is 6.54 Å². The fourth-order valence-corrected chi connectivity index (χ4v) is 2.84. The molecule has 0 fully saturated rings. The summed E-state index contributed by atoms with van der Waals surface area (Å²) in [6.07, 6.45) is 0.874. The second-order valence-electron chi connectivity index (χ2n) is 5.72. The molecule has 0 spiro atoms. The molecule has 1 aromatic heterocycles. The standard InChI is InChI=1S/C19H21N3O/c1-14-8-3-4-9-16(14)19(23)20-12-7-13-22-15(2)21-17-10-5-6-11-18(17)22/h3-6,8-11H,7,12-13H2,1-2H3,(H,20,23). The van der Waals surface area contributed by atoms with Gasteiger partial charge in [0.2, 0.25) is 0 Å². The first-order valence-corrected chi connectivity index (χ1v) is 7.92. The van der Waals surface area contributed by atoms with E-state index in [1.807, 2.05) is 56.3 Å². The normalized spacial score (nSPS) is 10.9. The average molecular weight is 307 g/mol. The molecule has 0 unspecified atom stereocenters. The average Bonchev–Trinajstić information content (AvgIpc) is 2.87. The Labute approximate surface area is 136 Å². The van der Waals surface area contributed by atoms with E-state index in [1.165, 1.54) is 0 Å². The molecule has 0 atom stereocenters. The van der Waals surface area contributed by atoms with Gasteiger partial charge in [-0.15, -0.1) is 0 Å². The zero-order valence-corrected chi connectivity index (χ0v) is 13.5. The Balaban J connectivity index is 1.58. The van der Waals surface area contributed by atoms with Crippen LogP contribution < -0.4 is 5.32 Å². The Kier molecular flexibility index (Phi) is 4.42. The lowest BCUT2D eigenvalue weighted by molar-refractivity contribution is 0.0952. The molecule has 3 rings (SSSR count). The summed E-state index contributed by atoms with van der Waals surface area (Å²) in [7, 11) is 0. The van der Waals surface area contributed by atoms with Crippen molar-refractivity contribution in [1.82, 2.24) is 14.9 Å². The van der Waals surface area contributed by atoms with E-state index in [0.29, 0.717) is 6.54 Å². The van der Waals surface area contributed by atoms with Crippen LogP contribution in [0.25, 0.3) is 11.0 Å². The highest BCUT2D eigenvalue weighted by molar-refractivity contribution is 5.95. The molecular formula is C19H21N3O. The van der Waals surface area contributed by atoms with E-state index in [9.17, 15) is 4.79 Å². The number of hydrogen-bond donors (Lipinski definition) is 1. The van der Waals surface area contributed by atoms with Gasteiger partial charge >= 0.3 is 0 Å². The van der Waals surface area contributed by atoms with Crippen LogP contribution in [0, 0.1) is 13.8 Å². The van der Waals surface area contributed by atoms with Crippen molar-refractivity contribution < 1.29 is 4.79 Å². The van der Waals surface area contributed by atoms with E-state index >= 15 is 0 Å². The van der Waals surface area contributed by atoms with Crippen molar-refractivity contribution in [2.45, 2.75) is 26.8 Å². The van der Waals surface area contributed by atoms with Gasteiger partial charge in [-0.1, -0.05) is 30.3 Å². The lowest BCUT2D eigenvalue weighted by Crippen LogP contribution is -2.26. The topological polar surface area (TPSA) is 46.9 Å². The summed E-state index contributed by atoms with van der Waals surface area (Å²) in [6, 6.07) is 15.8. The second kappa shape index (κ2) is 6.65. The van der Waals surface area contributed by atoms with E-state index in [2.05, 4.69) is 20.9 Å². The first kappa shape index (κ1) is 15.3. The SMILES string of the molecule is Cc1ccccc1C(=O)NCCCn1c(C)nc2ccccc21. The number of carbonyl (C=O) groups excluding carboxylic acids is 1. The minimum Gasteiger partial charge on any atom is -0.352 e. The smallest absolute Gasteiger partial charge is 0.251 e. The number of aryl methyl sites for hydroxylation is 3. The van der Waals surface area contributed by atoms with Gasteiger partial charge in [0, 0.05) is 18.7 Å². The van der Waals surface area contributed by atoms with Gasteiger partial charge in [-0.25, -0.2) is 4.98 Å². The number of hydrogen-bond acceptors (Lipinski definition) is 2. The number of carbonyl (C=O) groups is 1. The fourth-order valence-electron chi connectivity index (χ4n) is 2.84. The van der Waals surface area contributed by atoms with E-state index in [-0.39, 0.29) is 5.91 Å². The number of nitrogens with zero attached hydrogens (tertiary/aromatic N) is 2. The first-order chi connectivity index (χ1) is 11.2. The quantitative estimate of drug-likeness (QED) is 0.734.